The van der Waals surface area contributed by atoms with Crippen molar-refractivity contribution < 1.29 is 23.8 Å². The molecule has 2 rings (SSSR count). The number of rotatable bonds is 5. The molecule has 136 valence electrons. The highest BCUT2D eigenvalue weighted by molar-refractivity contribution is 6.30. The Hall–Kier alpha value is -2.21. The number of benzene rings is 1. The molecule has 6 nitrogen and oxygen atoms in total. The van der Waals surface area contributed by atoms with Crippen LogP contribution in [-0.2, 0) is 19.0 Å². The van der Waals surface area contributed by atoms with Crippen molar-refractivity contribution in [3.05, 3.63) is 46.4 Å². The third-order valence-corrected chi connectivity index (χ3v) is 3.54. The Kier molecular flexibility index (Phi) is 5.95. The lowest BCUT2D eigenvalue weighted by Crippen LogP contribution is -2.36. The van der Waals surface area contributed by atoms with E-state index in [4.69, 9.17) is 25.8 Å². The van der Waals surface area contributed by atoms with Crippen molar-refractivity contribution in [1.82, 2.24) is 5.32 Å². The molecule has 1 aromatic rings. The van der Waals surface area contributed by atoms with Crippen molar-refractivity contribution in [2.75, 3.05) is 13.2 Å². The monoisotopic (exact) mass is 367 g/mol. The third kappa shape index (κ3) is 5.13. The van der Waals surface area contributed by atoms with Crippen LogP contribution in [0.5, 0.6) is 0 Å². The molecule has 7 heteroatoms. The normalized spacial score (nSPS) is 15.6. The molecule has 1 atom stereocenters. The Morgan fingerprint density at radius 1 is 1.32 bits per heavy atom. The Balaban J connectivity index is 2.38. The van der Waals surface area contributed by atoms with Crippen LogP contribution in [0.15, 0.2) is 35.8 Å². The summed E-state index contributed by atoms with van der Waals surface area (Å²) in [5.74, 6) is -0.122. The molecule has 25 heavy (non-hydrogen) atoms. The standard InChI is InChI=1S/C18H22ClNO5/c1-5-23-16-14(13(21)10-24-16)15(11-6-8-12(19)9-7-11)20-17(22)25-18(2,3)4/h6-9,15H,5,10H2,1-4H3,(H,20,22)/t15-/m0/s1. The predicted molar refractivity (Wildman–Crippen MR) is 93.2 cm³/mol. The van der Waals surface area contributed by atoms with Gasteiger partial charge in [0.2, 0.25) is 5.78 Å². The Labute approximate surface area is 152 Å². The first kappa shape index (κ1) is 19.1. The molecule has 0 aliphatic carbocycles. The van der Waals surface area contributed by atoms with Crippen molar-refractivity contribution >= 4 is 23.5 Å². The van der Waals surface area contributed by atoms with E-state index < -0.39 is 17.7 Å². The highest BCUT2D eigenvalue weighted by Crippen LogP contribution is 2.31. The SMILES string of the molecule is CCOC1=C([C@@H](NC(=O)OC(C)(C)C)c2ccc(Cl)cc2)C(=O)CO1. The van der Waals surface area contributed by atoms with Crippen molar-refractivity contribution in [2.24, 2.45) is 0 Å². The maximum atomic E-state index is 12.3. The van der Waals surface area contributed by atoms with E-state index in [-0.39, 0.29) is 23.9 Å². The van der Waals surface area contributed by atoms with Crippen LogP contribution in [-0.4, -0.2) is 30.7 Å². The second-order valence-corrected chi connectivity index (χ2v) is 6.91. The van der Waals surface area contributed by atoms with Gasteiger partial charge >= 0.3 is 6.09 Å². The van der Waals surface area contributed by atoms with Gasteiger partial charge in [0.05, 0.1) is 12.6 Å². The average Bonchev–Trinajstić information content (AvgIpc) is 2.85. The lowest BCUT2D eigenvalue weighted by atomic mass is 9.97. The number of amides is 1. The fourth-order valence-electron chi connectivity index (χ4n) is 2.33. The van der Waals surface area contributed by atoms with Gasteiger partial charge in [0.25, 0.3) is 5.95 Å². The first-order chi connectivity index (χ1) is 11.7. The Bertz CT molecular complexity index is 676. The molecule has 0 bridgehead atoms. The van der Waals surface area contributed by atoms with Crippen LogP contribution >= 0.6 is 11.6 Å². The summed E-state index contributed by atoms with van der Waals surface area (Å²) in [4.78, 5) is 24.6. The van der Waals surface area contributed by atoms with Crippen LogP contribution in [0.2, 0.25) is 5.02 Å². The quantitative estimate of drug-likeness (QED) is 0.857. The van der Waals surface area contributed by atoms with Gasteiger partial charge in [-0.2, -0.15) is 0 Å². The zero-order chi connectivity index (χ0) is 18.6. The molecule has 0 unspecified atom stereocenters. The summed E-state index contributed by atoms with van der Waals surface area (Å²) in [5, 5.41) is 3.28. The molecular weight excluding hydrogens is 346 g/mol. The summed E-state index contributed by atoms with van der Waals surface area (Å²) in [6.45, 7) is 7.29. The highest BCUT2D eigenvalue weighted by Gasteiger charge is 2.35. The summed E-state index contributed by atoms with van der Waals surface area (Å²) in [6, 6.07) is 6.06. The molecule has 0 fully saturated rings. The van der Waals surface area contributed by atoms with Gasteiger partial charge in [0, 0.05) is 5.02 Å². The molecule has 1 aliphatic heterocycles. The smallest absolute Gasteiger partial charge is 0.408 e. The van der Waals surface area contributed by atoms with Crippen LogP contribution in [0.1, 0.15) is 39.3 Å². The first-order valence-corrected chi connectivity index (χ1v) is 8.37. The van der Waals surface area contributed by atoms with E-state index in [1.807, 2.05) is 0 Å². The van der Waals surface area contributed by atoms with Gasteiger partial charge in [0.1, 0.15) is 11.2 Å². The molecule has 1 aromatic carbocycles. The van der Waals surface area contributed by atoms with E-state index in [1.54, 1.807) is 52.0 Å². The minimum absolute atomic E-state index is 0.120. The van der Waals surface area contributed by atoms with Gasteiger partial charge in [-0.1, -0.05) is 23.7 Å². The maximum Gasteiger partial charge on any atom is 0.408 e. The zero-order valence-corrected chi connectivity index (χ0v) is 15.5. The molecule has 1 heterocycles. The van der Waals surface area contributed by atoms with E-state index in [9.17, 15) is 9.59 Å². The van der Waals surface area contributed by atoms with Crippen LogP contribution in [0, 0.1) is 0 Å². The zero-order valence-electron chi connectivity index (χ0n) is 14.7. The topological polar surface area (TPSA) is 73.9 Å². The molecule has 1 amide bonds. The number of alkyl carbamates (subject to hydrolysis) is 1. The minimum atomic E-state index is -0.760. The van der Waals surface area contributed by atoms with Gasteiger partial charge in [-0.3, -0.25) is 4.79 Å². The van der Waals surface area contributed by atoms with Gasteiger partial charge in [0.15, 0.2) is 6.61 Å². The summed E-state index contributed by atoms with van der Waals surface area (Å²) in [6.07, 6.45) is -0.643. The molecule has 1 N–H and O–H groups in total. The molecule has 0 spiro atoms. The fourth-order valence-corrected chi connectivity index (χ4v) is 2.46. The number of carbonyl (C=O) groups excluding carboxylic acids is 2. The van der Waals surface area contributed by atoms with Gasteiger partial charge < -0.3 is 19.5 Å². The lowest BCUT2D eigenvalue weighted by molar-refractivity contribution is -0.117. The van der Waals surface area contributed by atoms with E-state index in [2.05, 4.69) is 5.32 Å². The number of hydrogen-bond donors (Lipinski definition) is 1. The summed E-state index contributed by atoms with van der Waals surface area (Å²) in [5.41, 5.74) is 0.262. The lowest BCUT2D eigenvalue weighted by Gasteiger charge is -2.24. The molecule has 0 aromatic heterocycles. The van der Waals surface area contributed by atoms with Gasteiger partial charge in [-0.15, -0.1) is 0 Å². The number of ketones is 1. The van der Waals surface area contributed by atoms with Crippen LogP contribution in [0.3, 0.4) is 0 Å². The van der Waals surface area contributed by atoms with Crippen LogP contribution in [0.25, 0.3) is 0 Å². The summed E-state index contributed by atoms with van der Waals surface area (Å²) in [7, 11) is 0. The molecule has 0 saturated heterocycles. The minimum Gasteiger partial charge on any atom is -0.465 e. The van der Waals surface area contributed by atoms with E-state index >= 15 is 0 Å². The largest absolute Gasteiger partial charge is 0.465 e. The van der Waals surface area contributed by atoms with Crippen molar-refractivity contribution in [1.29, 1.82) is 0 Å². The maximum absolute atomic E-state index is 12.3. The van der Waals surface area contributed by atoms with E-state index in [1.165, 1.54) is 0 Å². The van der Waals surface area contributed by atoms with E-state index in [0.717, 1.165) is 0 Å². The second kappa shape index (κ2) is 7.78. The van der Waals surface area contributed by atoms with Crippen molar-refractivity contribution in [2.45, 2.75) is 39.3 Å². The molecule has 1 aliphatic rings. The fraction of sp³-hybridized carbons (Fsp3) is 0.444. The number of carbonyl (C=O) groups is 2. The highest BCUT2D eigenvalue weighted by atomic mass is 35.5. The number of hydrogen-bond acceptors (Lipinski definition) is 5. The average molecular weight is 368 g/mol. The van der Waals surface area contributed by atoms with Gasteiger partial charge in [-0.25, -0.2) is 4.79 Å². The molecule has 0 saturated carbocycles. The van der Waals surface area contributed by atoms with Crippen molar-refractivity contribution in [3.63, 3.8) is 0 Å². The van der Waals surface area contributed by atoms with Crippen molar-refractivity contribution in [3.8, 4) is 0 Å². The Morgan fingerprint density at radius 2 is 1.96 bits per heavy atom. The number of Topliss-reactive ketones (excluding diaryl/α,β-unsaturated/α-hetero) is 1. The molecule has 0 radical (unpaired) electrons. The molecular formula is C18H22ClNO5. The van der Waals surface area contributed by atoms with Crippen LogP contribution in [0.4, 0.5) is 4.79 Å². The van der Waals surface area contributed by atoms with E-state index in [0.29, 0.717) is 17.2 Å². The number of ether oxygens (including phenoxy) is 3. The van der Waals surface area contributed by atoms with Gasteiger partial charge in [-0.05, 0) is 45.4 Å². The van der Waals surface area contributed by atoms with Crippen LogP contribution < -0.4 is 5.32 Å². The second-order valence-electron chi connectivity index (χ2n) is 6.48. The first-order valence-electron chi connectivity index (χ1n) is 7.99. The summed E-state index contributed by atoms with van der Waals surface area (Å²) >= 11 is 5.94. The number of nitrogens with one attached hydrogen (secondary N) is 1. The Morgan fingerprint density at radius 3 is 2.52 bits per heavy atom. The third-order valence-electron chi connectivity index (χ3n) is 3.28. The number of halogens is 1. The predicted octanol–water partition coefficient (Wildman–Crippen LogP) is 3.75. The summed E-state index contributed by atoms with van der Waals surface area (Å²) < 4.78 is 16.0.